The van der Waals surface area contributed by atoms with Crippen molar-refractivity contribution in [3.63, 3.8) is 0 Å². The molecule has 162 valence electrons. The summed E-state index contributed by atoms with van der Waals surface area (Å²) in [6, 6.07) is -1.81. The SMILES string of the molecule is CC(C)(C)OC(=O)N[C@@H](CS)C(=O)SSN[C@@H](CS)C(=O)C(=O)OC(C)(C)C. The van der Waals surface area contributed by atoms with Gasteiger partial charge in [0.1, 0.15) is 17.2 Å². The Labute approximate surface area is 184 Å². The predicted octanol–water partition coefficient (Wildman–Crippen LogP) is 2.43. The molecular formula is C16H28N2O6S4. The van der Waals surface area contributed by atoms with Gasteiger partial charge in [-0.15, -0.1) is 0 Å². The number of carbonyl (C=O) groups is 4. The number of ether oxygens (including phenoxy) is 2. The van der Waals surface area contributed by atoms with Crippen LogP contribution in [0.1, 0.15) is 41.5 Å². The number of rotatable bonds is 9. The van der Waals surface area contributed by atoms with Gasteiger partial charge in [-0.3, -0.25) is 9.59 Å². The number of Topliss-reactive ketones (excluding diaryl/α,β-unsaturated/α-hetero) is 1. The Kier molecular flexibility index (Phi) is 12.0. The maximum Gasteiger partial charge on any atom is 0.408 e. The van der Waals surface area contributed by atoms with Crippen LogP contribution >= 0.6 is 47.0 Å². The molecule has 0 aromatic rings. The summed E-state index contributed by atoms with van der Waals surface area (Å²) in [5, 5.41) is 2.03. The van der Waals surface area contributed by atoms with E-state index >= 15 is 0 Å². The largest absolute Gasteiger partial charge is 0.454 e. The molecule has 0 heterocycles. The Morgan fingerprint density at radius 1 is 0.893 bits per heavy atom. The lowest BCUT2D eigenvalue weighted by molar-refractivity contribution is -0.162. The summed E-state index contributed by atoms with van der Waals surface area (Å²) < 4.78 is 12.8. The molecule has 1 amide bonds. The lowest BCUT2D eigenvalue weighted by atomic mass is 10.2. The topological polar surface area (TPSA) is 111 Å². The maximum atomic E-state index is 12.2. The molecule has 12 heteroatoms. The minimum Gasteiger partial charge on any atom is -0.454 e. The fourth-order valence-electron chi connectivity index (χ4n) is 1.45. The Hall–Kier alpha value is -0.560. The average molecular weight is 473 g/mol. The molecule has 0 fully saturated rings. The van der Waals surface area contributed by atoms with E-state index < -0.39 is 46.2 Å². The van der Waals surface area contributed by atoms with Crippen molar-refractivity contribution in [1.82, 2.24) is 10.0 Å². The van der Waals surface area contributed by atoms with Crippen LogP contribution in [-0.2, 0) is 23.9 Å². The summed E-state index contributed by atoms with van der Waals surface area (Å²) in [5.74, 6) is -1.66. The Balaban J connectivity index is 4.60. The molecular weight excluding hydrogens is 444 g/mol. The van der Waals surface area contributed by atoms with Crippen molar-refractivity contribution in [3.8, 4) is 0 Å². The van der Waals surface area contributed by atoms with Crippen molar-refractivity contribution >= 4 is 70.0 Å². The van der Waals surface area contributed by atoms with Crippen molar-refractivity contribution in [2.45, 2.75) is 64.8 Å². The van der Waals surface area contributed by atoms with E-state index in [1.54, 1.807) is 41.5 Å². The zero-order valence-corrected chi connectivity index (χ0v) is 20.2. The van der Waals surface area contributed by atoms with Crippen LogP contribution in [0.4, 0.5) is 4.79 Å². The highest BCUT2D eigenvalue weighted by atomic mass is 33.1. The number of hydrogen-bond acceptors (Lipinski definition) is 11. The zero-order valence-electron chi connectivity index (χ0n) is 16.7. The molecule has 0 aromatic carbocycles. The van der Waals surface area contributed by atoms with E-state index in [9.17, 15) is 19.2 Å². The fourth-order valence-corrected chi connectivity index (χ4v) is 4.00. The molecule has 0 aliphatic heterocycles. The molecule has 0 saturated carbocycles. The zero-order chi connectivity index (χ0) is 22.1. The smallest absolute Gasteiger partial charge is 0.408 e. The van der Waals surface area contributed by atoms with Crippen molar-refractivity contribution in [1.29, 1.82) is 0 Å². The first kappa shape index (κ1) is 27.4. The van der Waals surface area contributed by atoms with E-state index in [2.05, 4.69) is 35.3 Å². The number of thiol groups is 2. The summed E-state index contributed by atoms with van der Waals surface area (Å²) in [6.45, 7) is 10.1. The number of carbonyl (C=O) groups excluding carboxylic acids is 4. The molecule has 0 radical (unpaired) electrons. The first-order valence-corrected chi connectivity index (χ1v) is 11.7. The van der Waals surface area contributed by atoms with Crippen molar-refractivity contribution in [2.75, 3.05) is 11.5 Å². The van der Waals surface area contributed by atoms with E-state index in [0.717, 1.165) is 21.8 Å². The van der Waals surface area contributed by atoms with Gasteiger partial charge in [0, 0.05) is 11.5 Å². The summed E-state index contributed by atoms with van der Waals surface area (Å²) in [6.07, 6.45) is -0.730. The number of nitrogens with one attached hydrogen (secondary N) is 2. The highest BCUT2D eigenvalue weighted by Gasteiger charge is 2.30. The van der Waals surface area contributed by atoms with E-state index in [1.807, 2.05) is 0 Å². The number of amides is 1. The van der Waals surface area contributed by atoms with E-state index in [4.69, 9.17) is 9.47 Å². The van der Waals surface area contributed by atoms with Gasteiger partial charge in [0.2, 0.25) is 5.12 Å². The fraction of sp³-hybridized carbons (Fsp3) is 0.750. The summed E-state index contributed by atoms with van der Waals surface area (Å²) in [4.78, 5) is 48.0. The number of ketones is 1. The molecule has 2 N–H and O–H groups in total. The lowest BCUT2D eigenvalue weighted by Crippen LogP contribution is -2.44. The van der Waals surface area contributed by atoms with Gasteiger partial charge >= 0.3 is 12.1 Å². The van der Waals surface area contributed by atoms with Crippen LogP contribution in [0.2, 0.25) is 0 Å². The monoisotopic (exact) mass is 472 g/mol. The Bertz CT molecular complexity index is 574. The van der Waals surface area contributed by atoms with Gasteiger partial charge in [0.05, 0.1) is 6.04 Å². The average Bonchev–Trinajstić information content (AvgIpc) is 2.52. The molecule has 8 nitrogen and oxygen atoms in total. The normalized spacial score (nSPS) is 14.0. The second-order valence-electron chi connectivity index (χ2n) is 7.59. The minimum absolute atomic E-state index is 0.0337. The summed E-state index contributed by atoms with van der Waals surface area (Å²) in [5.41, 5.74) is -1.49. The molecule has 0 bridgehead atoms. The van der Waals surface area contributed by atoms with Gasteiger partial charge < -0.3 is 14.8 Å². The van der Waals surface area contributed by atoms with Crippen LogP contribution in [0.5, 0.6) is 0 Å². The Morgan fingerprint density at radius 2 is 1.39 bits per heavy atom. The number of hydrogen-bond donors (Lipinski definition) is 4. The highest BCUT2D eigenvalue weighted by Crippen LogP contribution is 2.22. The van der Waals surface area contributed by atoms with Gasteiger partial charge in [-0.25, -0.2) is 14.3 Å². The van der Waals surface area contributed by atoms with Gasteiger partial charge in [-0.2, -0.15) is 25.3 Å². The standard InChI is InChI=1S/C16H28N2O6S4/c1-15(2,3)23-12(20)11(19)9(7-25)18-28-27-13(21)10(8-26)17-14(22)24-16(4,5)6/h9-10,18,25-26H,7-8H2,1-6H3,(H,17,22)/t9-,10-/m0/s1. The first-order valence-electron chi connectivity index (χ1n) is 8.31. The minimum atomic E-state index is -0.976. The van der Waals surface area contributed by atoms with E-state index in [-0.39, 0.29) is 11.5 Å². The Morgan fingerprint density at radius 3 is 1.82 bits per heavy atom. The highest BCUT2D eigenvalue weighted by molar-refractivity contribution is 8.81. The molecule has 0 unspecified atom stereocenters. The third-order valence-electron chi connectivity index (χ3n) is 2.57. The first-order chi connectivity index (χ1) is 12.7. The van der Waals surface area contributed by atoms with Crippen LogP contribution in [0, 0.1) is 0 Å². The van der Waals surface area contributed by atoms with E-state index in [0.29, 0.717) is 0 Å². The van der Waals surface area contributed by atoms with Gasteiger partial charge in [-0.1, -0.05) is 0 Å². The van der Waals surface area contributed by atoms with Gasteiger partial charge in [0.15, 0.2) is 0 Å². The third kappa shape index (κ3) is 12.1. The second kappa shape index (κ2) is 12.2. The van der Waals surface area contributed by atoms with Crippen LogP contribution in [0.15, 0.2) is 0 Å². The molecule has 0 rings (SSSR count). The van der Waals surface area contributed by atoms with Crippen LogP contribution in [-0.4, -0.2) is 57.8 Å². The second-order valence-corrected chi connectivity index (χ2v) is 10.3. The van der Waals surface area contributed by atoms with Crippen LogP contribution in [0.25, 0.3) is 0 Å². The summed E-state index contributed by atoms with van der Waals surface area (Å²) in [7, 11) is 1.62. The molecule has 0 aromatic heterocycles. The van der Waals surface area contributed by atoms with Gasteiger partial charge in [-0.05, 0) is 63.3 Å². The third-order valence-corrected chi connectivity index (χ3v) is 5.25. The quantitative estimate of drug-likeness (QED) is 0.132. The molecule has 0 spiro atoms. The molecule has 28 heavy (non-hydrogen) atoms. The van der Waals surface area contributed by atoms with Crippen LogP contribution in [0.3, 0.4) is 0 Å². The molecule has 0 saturated heterocycles. The van der Waals surface area contributed by atoms with Crippen LogP contribution < -0.4 is 10.0 Å². The molecule has 0 aliphatic rings. The number of alkyl carbamates (subject to hydrolysis) is 1. The van der Waals surface area contributed by atoms with Crippen molar-refractivity contribution < 1.29 is 28.7 Å². The van der Waals surface area contributed by atoms with E-state index in [1.165, 1.54) is 0 Å². The molecule has 0 aliphatic carbocycles. The lowest BCUT2D eigenvalue weighted by Gasteiger charge is -2.22. The molecule has 2 atom stereocenters. The predicted molar refractivity (Wildman–Crippen MR) is 119 cm³/mol. The van der Waals surface area contributed by atoms with Crippen molar-refractivity contribution in [3.05, 3.63) is 0 Å². The maximum absolute atomic E-state index is 12.2. The van der Waals surface area contributed by atoms with Crippen molar-refractivity contribution in [2.24, 2.45) is 0 Å². The van der Waals surface area contributed by atoms with Gasteiger partial charge in [0.25, 0.3) is 5.78 Å². The summed E-state index contributed by atoms with van der Waals surface area (Å²) >= 11 is 8.10. The number of esters is 1.